The van der Waals surface area contributed by atoms with Gasteiger partial charge in [-0.1, -0.05) is 24.3 Å². The van der Waals surface area contributed by atoms with Crippen LogP contribution in [0.15, 0.2) is 51.9 Å². The second kappa shape index (κ2) is 9.94. The third kappa shape index (κ3) is 5.24. The Bertz CT molecular complexity index is 1060. The molecule has 1 aromatic heterocycles. The molecule has 0 atom stereocenters. The molecule has 164 valence electrons. The second-order valence-corrected chi connectivity index (χ2v) is 7.73. The van der Waals surface area contributed by atoms with E-state index in [1.165, 1.54) is 23.3 Å². The maximum atomic E-state index is 13.5. The molecule has 0 amide bonds. The Kier molecular flexibility index (Phi) is 6.84. The number of guanidine groups is 1. The van der Waals surface area contributed by atoms with Gasteiger partial charge < -0.3 is 19.8 Å². The Balaban J connectivity index is 1.37. The molecule has 3 aromatic rings. The summed E-state index contributed by atoms with van der Waals surface area (Å²) in [6, 6.07) is 13.1. The Hall–Kier alpha value is -2.90. The van der Waals surface area contributed by atoms with Crippen LogP contribution < -0.4 is 10.6 Å². The Morgan fingerprint density at radius 3 is 2.58 bits per heavy atom. The van der Waals surface area contributed by atoms with Crippen molar-refractivity contribution in [3.63, 3.8) is 0 Å². The van der Waals surface area contributed by atoms with E-state index in [2.05, 4.69) is 44.8 Å². The highest BCUT2D eigenvalue weighted by Crippen LogP contribution is 2.25. The quantitative estimate of drug-likeness (QED) is 0.468. The van der Waals surface area contributed by atoms with E-state index in [9.17, 15) is 4.39 Å². The number of halogens is 1. The summed E-state index contributed by atoms with van der Waals surface area (Å²) in [5.41, 5.74) is 4.18. The van der Waals surface area contributed by atoms with Crippen molar-refractivity contribution < 1.29 is 13.5 Å². The van der Waals surface area contributed by atoms with Crippen LogP contribution in [0.2, 0.25) is 0 Å². The van der Waals surface area contributed by atoms with Crippen LogP contribution >= 0.6 is 0 Å². The number of fused-ring (bicyclic) bond motifs is 1. The van der Waals surface area contributed by atoms with Crippen molar-refractivity contribution in [2.24, 2.45) is 4.99 Å². The molecule has 0 unspecified atom stereocenters. The van der Waals surface area contributed by atoms with Crippen LogP contribution in [0.25, 0.3) is 11.0 Å². The molecule has 7 heteroatoms. The lowest BCUT2D eigenvalue weighted by Crippen LogP contribution is -2.37. The highest BCUT2D eigenvalue weighted by molar-refractivity contribution is 5.83. The fraction of sp³-hybridized carbons (Fsp3) is 0.375. The number of aliphatic imine (C=N–C) groups is 1. The second-order valence-electron chi connectivity index (χ2n) is 7.73. The van der Waals surface area contributed by atoms with Gasteiger partial charge in [0.25, 0.3) is 0 Å². The minimum absolute atomic E-state index is 0.260. The minimum Gasteiger partial charge on any atom is -0.459 e. The summed E-state index contributed by atoms with van der Waals surface area (Å²) >= 11 is 0. The topological polar surface area (TPSA) is 62.0 Å². The van der Waals surface area contributed by atoms with Gasteiger partial charge in [0.05, 0.1) is 19.8 Å². The summed E-state index contributed by atoms with van der Waals surface area (Å²) < 4.78 is 24.9. The summed E-state index contributed by atoms with van der Waals surface area (Å²) in [7, 11) is 1.75. The van der Waals surface area contributed by atoms with Gasteiger partial charge in [-0.3, -0.25) is 9.89 Å². The van der Waals surface area contributed by atoms with E-state index in [4.69, 9.17) is 9.15 Å². The van der Waals surface area contributed by atoms with Gasteiger partial charge in [0.1, 0.15) is 17.2 Å². The molecule has 0 bridgehead atoms. The number of hydrogen-bond donors (Lipinski definition) is 2. The molecule has 31 heavy (non-hydrogen) atoms. The van der Waals surface area contributed by atoms with Gasteiger partial charge in [0.15, 0.2) is 5.96 Å². The molecule has 1 aliphatic heterocycles. The van der Waals surface area contributed by atoms with Gasteiger partial charge in [-0.15, -0.1) is 0 Å². The molecule has 6 nitrogen and oxygen atoms in total. The van der Waals surface area contributed by atoms with Crippen LogP contribution in [0.3, 0.4) is 0 Å². The van der Waals surface area contributed by atoms with E-state index in [1.807, 2.05) is 6.92 Å². The zero-order valence-corrected chi connectivity index (χ0v) is 18.1. The highest BCUT2D eigenvalue weighted by Gasteiger charge is 2.14. The van der Waals surface area contributed by atoms with Crippen molar-refractivity contribution in [1.29, 1.82) is 0 Å². The fourth-order valence-corrected chi connectivity index (χ4v) is 3.86. The molecule has 2 N–H and O–H groups in total. The van der Waals surface area contributed by atoms with E-state index >= 15 is 0 Å². The lowest BCUT2D eigenvalue weighted by molar-refractivity contribution is 0.0341. The number of rotatable bonds is 6. The van der Waals surface area contributed by atoms with Crippen LogP contribution in [0, 0.1) is 12.7 Å². The first-order valence-electron chi connectivity index (χ1n) is 10.6. The summed E-state index contributed by atoms with van der Waals surface area (Å²) in [6.07, 6.45) is 0. The van der Waals surface area contributed by atoms with Gasteiger partial charge in [0, 0.05) is 44.2 Å². The zero-order chi connectivity index (χ0) is 21.6. The molecule has 2 aromatic carbocycles. The van der Waals surface area contributed by atoms with Crippen molar-refractivity contribution in [3.8, 4) is 0 Å². The lowest BCUT2D eigenvalue weighted by atomic mass is 10.1. The average molecular weight is 425 g/mol. The van der Waals surface area contributed by atoms with E-state index in [1.54, 1.807) is 13.1 Å². The van der Waals surface area contributed by atoms with Crippen LogP contribution in [0.1, 0.15) is 22.5 Å². The molecule has 1 saturated heterocycles. The first kappa shape index (κ1) is 21.3. The van der Waals surface area contributed by atoms with E-state index in [-0.39, 0.29) is 5.82 Å². The van der Waals surface area contributed by atoms with E-state index < -0.39 is 0 Å². The molecule has 4 rings (SSSR count). The average Bonchev–Trinajstić information content (AvgIpc) is 3.10. The first-order valence-corrected chi connectivity index (χ1v) is 10.6. The van der Waals surface area contributed by atoms with Crippen molar-refractivity contribution in [2.45, 2.75) is 26.6 Å². The summed E-state index contributed by atoms with van der Waals surface area (Å²) in [4.78, 5) is 6.75. The van der Waals surface area contributed by atoms with E-state index in [0.717, 1.165) is 49.6 Å². The molecule has 1 aliphatic rings. The zero-order valence-electron chi connectivity index (χ0n) is 18.1. The number of aryl methyl sites for hydroxylation is 1. The maximum absolute atomic E-state index is 13.5. The monoisotopic (exact) mass is 424 g/mol. The molecule has 2 heterocycles. The molecule has 1 fully saturated rings. The van der Waals surface area contributed by atoms with Gasteiger partial charge in [0.2, 0.25) is 0 Å². The molecule has 0 aliphatic carbocycles. The van der Waals surface area contributed by atoms with Crippen LogP contribution in [-0.2, 0) is 24.4 Å². The van der Waals surface area contributed by atoms with Gasteiger partial charge in [-0.25, -0.2) is 4.39 Å². The Morgan fingerprint density at radius 2 is 1.81 bits per heavy atom. The van der Waals surface area contributed by atoms with Crippen molar-refractivity contribution in [3.05, 3.63) is 70.7 Å². The summed E-state index contributed by atoms with van der Waals surface area (Å²) in [6.45, 7) is 7.53. The lowest BCUT2D eigenvalue weighted by Gasteiger charge is -2.27. The predicted molar refractivity (Wildman–Crippen MR) is 120 cm³/mol. The third-order valence-electron chi connectivity index (χ3n) is 5.70. The highest BCUT2D eigenvalue weighted by atomic mass is 19.1. The summed E-state index contributed by atoms with van der Waals surface area (Å²) in [5, 5.41) is 7.49. The Morgan fingerprint density at radius 1 is 1.06 bits per heavy atom. The standard InChI is InChI=1S/C24H29FN4O2/c1-17-21-13-20(25)7-8-22(21)31-23(17)15-28-24(26-2)27-14-18-5-3-4-6-19(18)16-29-9-11-30-12-10-29/h3-8,13H,9-12,14-16H2,1-2H3,(H2,26,27,28). The van der Waals surface area contributed by atoms with Gasteiger partial charge in [-0.05, 0) is 36.2 Å². The van der Waals surface area contributed by atoms with Crippen LogP contribution in [-0.4, -0.2) is 44.2 Å². The van der Waals surface area contributed by atoms with Crippen molar-refractivity contribution in [2.75, 3.05) is 33.4 Å². The maximum Gasteiger partial charge on any atom is 0.191 e. The van der Waals surface area contributed by atoms with Crippen molar-refractivity contribution in [1.82, 2.24) is 15.5 Å². The number of hydrogen-bond acceptors (Lipinski definition) is 4. The van der Waals surface area contributed by atoms with Gasteiger partial charge >= 0.3 is 0 Å². The predicted octanol–water partition coefficient (Wildman–Crippen LogP) is 3.58. The largest absolute Gasteiger partial charge is 0.459 e. The smallest absolute Gasteiger partial charge is 0.191 e. The number of morpholine rings is 1. The van der Waals surface area contributed by atoms with Crippen LogP contribution in [0.5, 0.6) is 0 Å². The SMILES string of the molecule is CN=C(NCc1ccccc1CN1CCOCC1)NCc1oc2ccc(F)cc2c1C. The molecular weight excluding hydrogens is 395 g/mol. The number of nitrogens with zero attached hydrogens (tertiary/aromatic N) is 2. The van der Waals surface area contributed by atoms with E-state index in [0.29, 0.717) is 24.6 Å². The van der Waals surface area contributed by atoms with Gasteiger partial charge in [-0.2, -0.15) is 0 Å². The number of nitrogens with one attached hydrogen (secondary N) is 2. The molecular formula is C24H29FN4O2. The minimum atomic E-state index is -0.260. The van der Waals surface area contributed by atoms with Crippen LogP contribution in [0.4, 0.5) is 4.39 Å². The third-order valence-corrected chi connectivity index (χ3v) is 5.70. The normalized spacial score (nSPS) is 15.4. The van der Waals surface area contributed by atoms with Crippen molar-refractivity contribution >= 4 is 16.9 Å². The number of furan rings is 1. The molecule has 0 saturated carbocycles. The first-order chi connectivity index (χ1) is 15.1. The Labute approximate surface area is 182 Å². The number of benzene rings is 2. The molecule has 0 spiro atoms. The fourth-order valence-electron chi connectivity index (χ4n) is 3.86. The summed E-state index contributed by atoms with van der Waals surface area (Å²) in [5.74, 6) is 1.20. The number of ether oxygens (including phenoxy) is 1. The molecule has 0 radical (unpaired) electrons.